The van der Waals surface area contributed by atoms with Crippen molar-refractivity contribution in [2.45, 2.75) is 20.8 Å². The van der Waals surface area contributed by atoms with E-state index in [2.05, 4.69) is 46.6 Å². The van der Waals surface area contributed by atoms with E-state index < -0.39 is 0 Å². The summed E-state index contributed by atoms with van der Waals surface area (Å²) >= 11 is 6.17. The van der Waals surface area contributed by atoms with Crippen LogP contribution in [-0.2, 0) is 0 Å². The van der Waals surface area contributed by atoms with E-state index in [0.29, 0.717) is 22.3 Å². The van der Waals surface area contributed by atoms with Crippen molar-refractivity contribution in [3.05, 3.63) is 64.4 Å². The van der Waals surface area contributed by atoms with Crippen molar-refractivity contribution in [2.75, 3.05) is 16.4 Å². The lowest BCUT2D eigenvalue weighted by Gasteiger charge is -2.14. The van der Waals surface area contributed by atoms with Gasteiger partial charge in [-0.1, -0.05) is 23.7 Å². The zero-order valence-electron chi connectivity index (χ0n) is 14.4. The van der Waals surface area contributed by atoms with Crippen molar-refractivity contribution in [2.24, 2.45) is 0 Å². The van der Waals surface area contributed by atoms with E-state index in [4.69, 9.17) is 17.3 Å². The lowest BCUT2D eigenvalue weighted by atomic mass is 10.1. The molecule has 0 bridgehead atoms. The van der Waals surface area contributed by atoms with Crippen LogP contribution in [0.2, 0.25) is 5.02 Å². The van der Waals surface area contributed by atoms with E-state index in [1.165, 1.54) is 17.5 Å². The van der Waals surface area contributed by atoms with Crippen LogP contribution in [0.25, 0.3) is 0 Å². The molecular weight excluding hydrogens is 334 g/mol. The Morgan fingerprint density at radius 2 is 1.64 bits per heavy atom. The third kappa shape index (κ3) is 3.67. The van der Waals surface area contributed by atoms with Crippen molar-refractivity contribution in [1.82, 2.24) is 9.97 Å². The molecule has 3 aromatic rings. The first-order chi connectivity index (χ1) is 12.0. The van der Waals surface area contributed by atoms with Gasteiger partial charge in [-0.05, 0) is 61.7 Å². The summed E-state index contributed by atoms with van der Waals surface area (Å²) in [6.45, 7) is 6.09. The smallest absolute Gasteiger partial charge is 0.159 e. The number of anilines is 5. The minimum absolute atomic E-state index is 0.445. The van der Waals surface area contributed by atoms with Gasteiger partial charge in [0.05, 0.1) is 0 Å². The van der Waals surface area contributed by atoms with Crippen LogP contribution in [0.3, 0.4) is 0 Å². The van der Waals surface area contributed by atoms with Gasteiger partial charge in [-0.15, -0.1) is 0 Å². The molecule has 1 aromatic heterocycles. The van der Waals surface area contributed by atoms with E-state index >= 15 is 0 Å². The van der Waals surface area contributed by atoms with Gasteiger partial charge >= 0.3 is 0 Å². The predicted molar refractivity (Wildman–Crippen MR) is 105 cm³/mol. The van der Waals surface area contributed by atoms with Gasteiger partial charge < -0.3 is 16.4 Å². The summed E-state index contributed by atoms with van der Waals surface area (Å²) in [5.41, 5.74) is 11.9. The normalized spacial score (nSPS) is 10.6. The lowest BCUT2D eigenvalue weighted by molar-refractivity contribution is 1.17. The number of hydrogen-bond donors (Lipinski definition) is 3. The van der Waals surface area contributed by atoms with Crippen molar-refractivity contribution >= 4 is 40.3 Å². The Morgan fingerprint density at radius 1 is 0.920 bits per heavy atom. The second-order valence-corrected chi connectivity index (χ2v) is 6.35. The maximum absolute atomic E-state index is 6.25. The van der Waals surface area contributed by atoms with Gasteiger partial charge in [0.15, 0.2) is 11.6 Å². The first-order valence-corrected chi connectivity index (χ1v) is 8.30. The fourth-order valence-electron chi connectivity index (χ4n) is 2.42. The molecule has 0 atom stereocenters. The Labute approximate surface area is 152 Å². The van der Waals surface area contributed by atoms with E-state index in [-0.39, 0.29) is 0 Å². The zero-order valence-corrected chi connectivity index (χ0v) is 15.1. The minimum atomic E-state index is 0.445. The van der Waals surface area contributed by atoms with Crippen molar-refractivity contribution in [1.29, 1.82) is 0 Å². The van der Waals surface area contributed by atoms with E-state index in [1.807, 2.05) is 31.2 Å². The van der Waals surface area contributed by atoms with Crippen LogP contribution in [0.1, 0.15) is 16.7 Å². The number of halogens is 1. The van der Waals surface area contributed by atoms with Crippen LogP contribution in [0.5, 0.6) is 0 Å². The van der Waals surface area contributed by atoms with Gasteiger partial charge in [-0.3, -0.25) is 0 Å². The molecule has 4 N–H and O–H groups in total. The summed E-state index contributed by atoms with van der Waals surface area (Å²) in [6.07, 6.45) is 1.47. The van der Waals surface area contributed by atoms with Crippen LogP contribution in [0.4, 0.5) is 28.7 Å². The SMILES string of the molecule is Cc1ccc(Nc2ncnc(Nc3cccc(Cl)c3C)c2N)cc1C. The topological polar surface area (TPSA) is 75.9 Å². The molecule has 25 heavy (non-hydrogen) atoms. The van der Waals surface area contributed by atoms with Gasteiger partial charge in [0.25, 0.3) is 0 Å². The molecule has 0 aliphatic carbocycles. The van der Waals surface area contributed by atoms with Crippen molar-refractivity contribution in [3.63, 3.8) is 0 Å². The molecule has 5 nitrogen and oxygen atoms in total. The molecule has 128 valence electrons. The second kappa shape index (κ2) is 6.99. The summed E-state index contributed by atoms with van der Waals surface area (Å²) in [7, 11) is 0. The summed E-state index contributed by atoms with van der Waals surface area (Å²) in [5.74, 6) is 1.09. The number of nitrogen functional groups attached to an aromatic ring is 1. The molecule has 3 rings (SSSR count). The Bertz CT molecular complexity index is 924. The van der Waals surface area contributed by atoms with Crippen LogP contribution in [0, 0.1) is 20.8 Å². The fourth-order valence-corrected chi connectivity index (χ4v) is 2.60. The fraction of sp³-hybridized carbons (Fsp3) is 0.158. The predicted octanol–water partition coefficient (Wildman–Crippen LogP) is 5.12. The highest BCUT2D eigenvalue weighted by molar-refractivity contribution is 6.31. The van der Waals surface area contributed by atoms with E-state index in [9.17, 15) is 0 Å². The number of benzene rings is 2. The van der Waals surface area contributed by atoms with Gasteiger partial charge in [0, 0.05) is 16.4 Å². The molecule has 0 spiro atoms. The van der Waals surface area contributed by atoms with Gasteiger partial charge in [0.1, 0.15) is 12.0 Å². The van der Waals surface area contributed by atoms with Crippen molar-refractivity contribution in [3.8, 4) is 0 Å². The monoisotopic (exact) mass is 353 g/mol. The van der Waals surface area contributed by atoms with E-state index in [1.54, 1.807) is 0 Å². The maximum Gasteiger partial charge on any atom is 0.159 e. The third-order valence-electron chi connectivity index (χ3n) is 4.17. The lowest BCUT2D eigenvalue weighted by Crippen LogP contribution is -2.06. The number of nitrogens with one attached hydrogen (secondary N) is 2. The second-order valence-electron chi connectivity index (χ2n) is 5.95. The Kier molecular flexibility index (Phi) is 4.76. The molecule has 2 aromatic carbocycles. The van der Waals surface area contributed by atoms with Crippen LogP contribution >= 0.6 is 11.6 Å². The summed E-state index contributed by atoms with van der Waals surface area (Å²) < 4.78 is 0. The molecule has 0 unspecified atom stereocenters. The number of aromatic nitrogens is 2. The number of rotatable bonds is 4. The molecule has 0 amide bonds. The first kappa shape index (κ1) is 17.0. The van der Waals surface area contributed by atoms with Crippen LogP contribution in [-0.4, -0.2) is 9.97 Å². The molecule has 0 aliphatic rings. The highest BCUT2D eigenvalue weighted by Crippen LogP contribution is 2.31. The standard InChI is InChI=1S/C19H20ClN5/c1-11-7-8-14(9-12(11)2)24-18-17(21)19(23-10-22-18)25-16-6-4-5-15(20)13(16)3/h4-10H,21H2,1-3H3,(H2,22,23,24,25). The number of nitrogens with zero attached hydrogens (tertiary/aromatic N) is 2. The number of nitrogens with two attached hydrogens (primary N) is 1. The molecule has 0 saturated carbocycles. The summed E-state index contributed by atoms with van der Waals surface area (Å²) in [5, 5.41) is 7.16. The zero-order chi connectivity index (χ0) is 18.0. The van der Waals surface area contributed by atoms with Gasteiger partial charge in [-0.2, -0.15) is 0 Å². The third-order valence-corrected chi connectivity index (χ3v) is 4.58. The Morgan fingerprint density at radius 3 is 2.36 bits per heavy atom. The molecule has 0 radical (unpaired) electrons. The first-order valence-electron chi connectivity index (χ1n) is 7.92. The highest BCUT2D eigenvalue weighted by atomic mass is 35.5. The average molecular weight is 354 g/mol. The molecule has 0 aliphatic heterocycles. The average Bonchev–Trinajstić information content (AvgIpc) is 2.59. The molecule has 6 heteroatoms. The minimum Gasteiger partial charge on any atom is -0.393 e. The Balaban J connectivity index is 1.89. The van der Waals surface area contributed by atoms with E-state index in [0.717, 1.165) is 16.9 Å². The maximum atomic E-state index is 6.25. The summed E-state index contributed by atoms with van der Waals surface area (Å²) in [6, 6.07) is 11.8. The molecule has 0 fully saturated rings. The Hall–Kier alpha value is -2.79. The number of aryl methyl sites for hydroxylation is 2. The number of hydrogen-bond acceptors (Lipinski definition) is 5. The summed E-state index contributed by atoms with van der Waals surface area (Å²) in [4.78, 5) is 8.50. The van der Waals surface area contributed by atoms with Gasteiger partial charge in [0.2, 0.25) is 0 Å². The molecule has 0 saturated heterocycles. The molecular formula is C19H20ClN5. The van der Waals surface area contributed by atoms with Crippen LogP contribution < -0.4 is 16.4 Å². The van der Waals surface area contributed by atoms with Crippen molar-refractivity contribution < 1.29 is 0 Å². The van der Waals surface area contributed by atoms with Crippen LogP contribution in [0.15, 0.2) is 42.7 Å². The quantitative estimate of drug-likeness (QED) is 0.606. The van der Waals surface area contributed by atoms with Gasteiger partial charge in [-0.25, -0.2) is 9.97 Å². The molecule has 1 heterocycles. The largest absolute Gasteiger partial charge is 0.393 e. The highest BCUT2D eigenvalue weighted by Gasteiger charge is 2.11.